The summed E-state index contributed by atoms with van der Waals surface area (Å²) in [6.45, 7) is 11.8. The molecule has 1 unspecified atom stereocenters. The Labute approximate surface area is 175 Å². The molecule has 1 saturated heterocycles. The third-order valence-corrected chi connectivity index (χ3v) is 4.45. The molecule has 0 radical (unpaired) electrons. The topological polar surface area (TPSA) is 61.8 Å². The average Bonchev–Trinajstić information content (AvgIpc) is 3.10. The number of guanidine groups is 1. The highest BCUT2D eigenvalue weighted by molar-refractivity contribution is 14.0. The third-order valence-electron chi connectivity index (χ3n) is 4.45. The number of nitrogens with zero attached hydrogens (tertiary/aromatic N) is 3. The number of halogens is 1. The highest BCUT2D eigenvalue weighted by Crippen LogP contribution is 2.16. The first kappa shape index (κ1) is 23.0. The molecule has 1 atom stereocenters. The molecular weight excluding hydrogens is 441 g/mol. The second-order valence-electron chi connectivity index (χ2n) is 6.32. The molecule has 1 aromatic rings. The van der Waals surface area contributed by atoms with Crippen molar-refractivity contribution in [1.29, 1.82) is 0 Å². The standard InChI is InChI=1S/C19H33N5O.HI/c1-4-13-25-18-16(9-7-11-21-18)14-22-19(20-5-2)23-15-17-10-8-12-24(17)6-3;/h7,9,11,17H,4-6,8,10,12-15H2,1-3H3,(H2,20,22,23);1H. The predicted molar refractivity (Wildman–Crippen MR) is 119 cm³/mol. The molecule has 26 heavy (non-hydrogen) atoms. The molecule has 6 nitrogen and oxygen atoms in total. The summed E-state index contributed by atoms with van der Waals surface area (Å²) in [5, 5.41) is 6.83. The van der Waals surface area contributed by atoms with Crippen LogP contribution >= 0.6 is 24.0 Å². The van der Waals surface area contributed by atoms with Gasteiger partial charge in [-0.25, -0.2) is 9.98 Å². The first-order valence-corrected chi connectivity index (χ1v) is 9.61. The van der Waals surface area contributed by atoms with Crippen LogP contribution in [0.2, 0.25) is 0 Å². The highest BCUT2D eigenvalue weighted by Gasteiger charge is 2.22. The van der Waals surface area contributed by atoms with E-state index in [1.807, 2.05) is 12.1 Å². The first-order valence-electron chi connectivity index (χ1n) is 9.61. The molecule has 0 aliphatic carbocycles. The van der Waals surface area contributed by atoms with Crippen LogP contribution in [0.25, 0.3) is 0 Å². The van der Waals surface area contributed by atoms with Gasteiger partial charge < -0.3 is 15.4 Å². The van der Waals surface area contributed by atoms with Crippen molar-refractivity contribution in [2.45, 2.75) is 52.6 Å². The number of likely N-dealkylation sites (N-methyl/N-ethyl adjacent to an activating group) is 1. The quantitative estimate of drug-likeness (QED) is 0.327. The lowest BCUT2D eigenvalue weighted by molar-refractivity contribution is 0.267. The Kier molecular flexibility index (Phi) is 11.6. The maximum absolute atomic E-state index is 5.72. The van der Waals surface area contributed by atoms with Crippen LogP contribution < -0.4 is 15.4 Å². The van der Waals surface area contributed by atoms with E-state index in [9.17, 15) is 0 Å². The number of likely N-dealkylation sites (tertiary alicyclic amines) is 1. The van der Waals surface area contributed by atoms with Gasteiger partial charge in [0.25, 0.3) is 0 Å². The Hall–Kier alpha value is -1.09. The summed E-state index contributed by atoms with van der Waals surface area (Å²) in [6.07, 6.45) is 5.29. The fraction of sp³-hybridized carbons (Fsp3) is 0.684. The molecule has 2 heterocycles. The van der Waals surface area contributed by atoms with E-state index in [2.05, 4.69) is 41.3 Å². The van der Waals surface area contributed by atoms with Gasteiger partial charge in [0.2, 0.25) is 5.88 Å². The van der Waals surface area contributed by atoms with E-state index < -0.39 is 0 Å². The molecule has 0 saturated carbocycles. The van der Waals surface area contributed by atoms with Crippen molar-refractivity contribution in [2.75, 3.05) is 32.8 Å². The van der Waals surface area contributed by atoms with Gasteiger partial charge >= 0.3 is 0 Å². The molecule has 1 aliphatic rings. The summed E-state index contributed by atoms with van der Waals surface area (Å²) in [4.78, 5) is 11.6. The van der Waals surface area contributed by atoms with Crippen LogP contribution in [0.3, 0.4) is 0 Å². The first-order chi connectivity index (χ1) is 12.3. The zero-order valence-corrected chi connectivity index (χ0v) is 18.7. The lowest BCUT2D eigenvalue weighted by Gasteiger charge is -2.24. The van der Waals surface area contributed by atoms with Gasteiger partial charge in [0, 0.05) is 30.9 Å². The van der Waals surface area contributed by atoms with Crippen LogP contribution in [0.1, 0.15) is 45.6 Å². The summed E-state index contributed by atoms with van der Waals surface area (Å²) in [7, 11) is 0. The molecule has 1 aliphatic heterocycles. The van der Waals surface area contributed by atoms with E-state index in [4.69, 9.17) is 9.73 Å². The Morgan fingerprint density at radius 2 is 2.19 bits per heavy atom. The van der Waals surface area contributed by atoms with Crippen molar-refractivity contribution in [2.24, 2.45) is 4.99 Å². The summed E-state index contributed by atoms with van der Waals surface area (Å²) >= 11 is 0. The van der Waals surface area contributed by atoms with Gasteiger partial charge in [0.05, 0.1) is 13.2 Å². The summed E-state index contributed by atoms with van der Waals surface area (Å²) < 4.78 is 5.72. The van der Waals surface area contributed by atoms with Gasteiger partial charge in [-0.15, -0.1) is 24.0 Å². The van der Waals surface area contributed by atoms with Gasteiger partial charge in [0.1, 0.15) is 0 Å². The summed E-state index contributed by atoms with van der Waals surface area (Å²) in [6, 6.07) is 4.57. The van der Waals surface area contributed by atoms with Gasteiger partial charge in [-0.1, -0.05) is 19.9 Å². The van der Waals surface area contributed by atoms with E-state index in [0.29, 0.717) is 25.1 Å². The van der Waals surface area contributed by atoms with Crippen LogP contribution in [0.15, 0.2) is 23.3 Å². The summed E-state index contributed by atoms with van der Waals surface area (Å²) in [5.41, 5.74) is 1.02. The lowest BCUT2D eigenvalue weighted by atomic mass is 10.2. The monoisotopic (exact) mass is 475 g/mol. The van der Waals surface area contributed by atoms with E-state index in [-0.39, 0.29) is 24.0 Å². The number of aliphatic imine (C=N–C) groups is 1. The van der Waals surface area contributed by atoms with Crippen molar-refractivity contribution < 1.29 is 4.74 Å². The molecule has 1 aromatic heterocycles. The van der Waals surface area contributed by atoms with Gasteiger partial charge in [-0.2, -0.15) is 0 Å². The smallest absolute Gasteiger partial charge is 0.218 e. The van der Waals surface area contributed by atoms with Crippen LogP contribution in [0.5, 0.6) is 5.88 Å². The number of hydrogen-bond acceptors (Lipinski definition) is 4. The van der Waals surface area contributed by atoms with Crippen molar-refractivity contribution in [3.05, 3.63) is 23.9 Å². The van der Waals surface area contributed by atoms with Crippen molar-refractivity contribution in [1.82, 2.24) is 20.5 Å². The van der Waals surface area contributed by atoms with E-state index in [1.54, 1.807) is 6.20 Å². The average molecular weight is 475 g/mol. The highest BCUT2D eigenvalue weighted by atomic mass is 127. The Morgan fingerprint density at radius 3 is 2.92 bits per heavy atom. The van der Waals surface area contributed by atoms with Crippen LogP contribution in [0, 0.1) is 0 Å². The maximum atomic E-state index is 5.72. The molecule has 2 rings (SSSR count). The number of nitrogens with one attached hydrogen (secondary N) is 2. The number of rotatable bonds is 9. The van der Waals surface area contributed by atoms with Crippen molar-refractivity contribution >= 4 is 29.9 Å². The Bertz CT molecular complexity index is 540. The predicted octanol–water partition coefficient (Wildman–Crippen LogP) is 3.03. The van der Waals surface area contributed by atoms with Crippen molar-refractivity contribution in [3.8, 4) is 5.88 Å². The minimum atomic E-state index is 0. The van der Waals surface area contributed by atoms with Crippen molar-refractivity contribution in [3.63, 3.8) is 0 Å². The molecule has 148 valence electrons. The molecule has 0 bridgehead atoms. The van der Waals surface area contributed by atoms with Gasteiger partial charge in [-0.05, 0) is 45.3 Å². The number of pyridine rings is 1. The van der Waals surface area contributed by atoms with E-state index >= 15 is 0 Å². The Morgan fingerprint density at radius 1 is 1.35 bits per heavy atom. The molecule has 7 heteroatoms. The molecule has 2 N–H and O–H groups in total. The number of hydrogen-bond donors (Lipinski definition) is 2. The SMILES string of the molecule is CCCOc1ncccc1CN=C(NCC)NCC1CCCN1CC.I. The van der Waals surface area contributed by atoms with Gasteiger partial charge in [-0.3, -0.25) is 4.90 Å². The number of ether oxygens (including phenoxy) is 1. The second-order valence-corrected chi connectivity index (χ2v) is 6.32. The Balaban J connectivity index is 0.00000338. The molecule has 0 aromatic carbocycles. The molecule has 0 spiro atoms. The molecule has 1 fully saturated rings. The van der Waals surface area contributed by atoms with Crippen LogP contribution in [-0.4, -0.2) is 54.7 Å². The lowest BCUT2D eigenvalue weighted by Crippen LogP contribution is -2.44. The summed E-state index contributed by atoms with van der Waals surface area (Å²) in [5.74, 6) is 1.55. The minimum absolute atomic E-state index is 0. The maximum Gasteiger partial charge on any atom is 0.218 e. The number of aromatic nitrogens is 1. The zero-order chi connectivity index (χ0) is 17.9. The molecule has 0 amide bonds. The fourth-order valence-corrected chi connectivity index (χ4v) is 3.14. The van der Waals surface area contributed by atoms with E-state index in [0.717, 1.165) is 37.6 Å². The molecular formula is C19H34IN5O. The van der Waals surface area contributed by atoms with Crippen LogP contribution in [0.4, 0.5) is 0 Å². The second kappa shape index (κ2) is 13.1. The normalized spacial score (nSPS) is 17.7. The fourth-order valence-electron chi connectivity index (χ4n) is 3.14. The zero-order valence-electron chi connectivity index (χ0n) is 16.3. The van der Waals surface area contributed by atoms with Gasteiger partial charge in [0.15, 0.2) is 5.96 Å². The largest absolute Gasteiger partial charge is 0.477 e. The third kappa shape index (κ3) is 7.26. The van der Waals surface area contributed by atoms with E-state index in [1.165, 1.54) is 19.4 Å². The minimum Gasteiger partial charge on any atom is -0.477 e. The van der Waals surface area contributed by atoms with Crippen LogP contribution in [-0.2, 0) is 6.54 Å².